The molecule has 1 aromatic carbocycles. The van der Waals surface area contributed by atoms with Crippen LogP contribution < -0.4 is 10.4 Å². The summed E-state index contributed by atoms with van der Waals surface area (Å²) in [7, 11) is 1.30. The first-order valence-corrected chi connectivity index (χ1v) is 7.03. The van der Waals surface area contributed by atoms with Gasteiger partial charge in [-0.15, -0.1) is 5.10 Å². The van der Waals surface area contributed by atoms with Gasteiger partial charge in [-0.1, -0.05) is 0 Å². The number of ether oxygens (including phenoxy) is 2. The van der Waals surface area contributed by atoms with Crippen LogP contribution >= 0.6 is 0 Å². The molecule has 11 heteroatoms. The Labute approximate surface area is 137 Å². The smallest absolute Gasteiger partial charge is 0.434 e. The van der Waals surface area contributed by atoms with E-state index in [9.17, 15) is 22.8 Å². The topological polar surface area (TPSA) is 87.7 Å². The molecule has 0 fully saturated rings. The van der Waals surface area contributed by atoms with Gasteiger partial charge >= 0.3 is 24.0 Å². The van der Waals surface area contributed by atoms with Crippen molar-refractivity contribution in [3.05, 3.63) is 34.2 Å². The van der Waals surface area contributed by atoms with Crippen LogP contribution in [0.5, 0.6) is 6.01 Å². The van der Waals surface area contributed by atoms with Crippen molar-refractivity contribution in [2.75, 3.05) is 6.61 Å². The van der Waals surface area contributed by atoms with E-state index in [1.54, 1.807) is 6.92 Å². The third kappa shape index (κ3) is 2.88. The molecule has 0 amide bonds. The third-order valence-corrected chi connectivity index (χ3v) is 3.42. The van der Waals surface area contributed by atoms with Crippen molar-refractivity contribution >= 4 is 22.7 Å². The zero-order chi connectivity index (χ0) is 18.4. The zero-order valence-electron chi connectivity index (χ0n) is 13.0. The van der Waals surface area contributed by atoms with Gasteiger partial charge in [-0.05, 0) is 25.1 Å². The number of hydrogen-bond donors (Lipinski definition) is 0. The fraction of sp³-hybridized carbons (Fsp3) is 0.286. The van der Waals surface area contributed by atoms with Crippen molar-refractivity contribution in [3.8, 4) is 6.01 Å². The lowest BCUT2D eigenvalue weighted by Gasteiger charge is -2.10. The van der Waals surface area contributed by atoms with Crippen molar-refractivity contribution in [1.82, 2.24) is 19.2 Å². The molecule has 0 aliphatic carbocycles. The quantitative estimate of drug-likeness (QED) is 0.654. The highest BCUT2D eigenvalue weighted by atomic mass is 19.4. The number of hydrogen-bond acceptors (Lipinski definition) is 6. The Morgan fingerprint density at radius 3 is 2.68 bits per heavy atom. The molecule has 0 spiro atoms. The van der Waals surface area contributed by atoms with E-state index in [4.69, 9.17) is 4.74 Å². The molecule has 2 aromatic heterocycles. The molecule has 0 atom stereocenters. The summed E-state index contributed by atoms with van der Waals surface area (Å²) in [5.74, 6) is 0. The van der Waals surface area contributed by atoms with Crippen molar-refractivity contribution in [2.24, 2.45) is 7.05 Å². The van der Waals surface area contributed by atoms with Gasteiger partial charge in [0.25, 0.3) is 0 Å². The average molecular weight is 356 g/mol. The highest BCUT2D eigenvalue weighted by Gasteiger charge is 2.31. The first-order chi connectivity index (χ1) is 11.7. The lowest BCUT2D eigenvalue weighted by atomic mass is 10.1. The van der Waals surface area contributed by atoms with Gasteiger partial charge in [0.15, 0.2) is 5.65 Å². The van der Waals surface area contributed by atoms with E-state index in [0.29, 0.717) is 0 Å². The summed E-state index contributed by atoms with van der Waals surface area (Å²) in [5, 5.41) is 3.98. The summed E-state index contributed by atoms with van der Waals surface area (Å²) >= 11 is 0. The molecule has 0 bridgehead atoms. The monoisotopic (exact) mass is 356 g/mol. The Morgan fingerprint density at radius 1 is 1.32 bits per heavy atom. The predicted octanol–water partition coefficient (Wildman–Crippen LogP) is 2.14. The lowest BCUT2D eigenvalue weighted by Crippen LogP contribution is -2.25. The van der Waals surface area contributed by atoms with Crippen LogP contribution in [0.15, 0.2) is 23.0 Å². The first-order valence-electron chi connectivity index (χ1n) is 7.03. The number of halogens is 3. The highest BCUT2D eigenvalue weighted by molar-refractivity contribution is 5.92. The maximum absolute atomic E-state index is 12.9. The van der Waals surface area contributed by atoms with E-state index in [0.717, 1.165) is 21.2 Å². The molecule has 8 nitrogen and oxygen atoms in total. The number of carbonyl (C=O) groups is 1. The molecule has 0 aliphatic rings. The molecule has 0 radical (unpaired) electrons. The molecule has 3 aromatic rings. The fourth-order valence-electron chi connectivity index (χ4n) is 2.29. The minimum Gasteiger partial charge on any atom is -0.434 e. The van der Waals surface area contributed by atoms with Crippen molar-refractivity contribution in [3.63, 3.8) is 0 Å². The second-order valence-electron chi connectivity index (χ2n) is 4.99. The van der Waals surface area contributed by atoms with Gasteiger partial charge in [-0.3, -0.25) is 4.57 Å². The summed E-state index contributed by atoms with van der Waals surface area (Å²) in [4.78, 5) is 27.5. The Hall–Kier alpha value is -3.11. The van der Waals surface area contributed by atoms with Crippen LogP contribution in [0.3, 0.4) is 0 Å². The number of fused-ring (bicyclic) bond motifs is 3. The average Bonchev–Trinajstić information content (AvgIpc) is 2.95. The number of carbonyl (C=O) groups excluding carboxylic acids is 1. The Balaban J connectivity index is 2.22. The van der Waals surface area contributed by atoms with Crippen LogP contribution in [0.2, 0.25) is 0 Å². The first kappa shape index (κ1) is 16.7. The molecule has 0 unspecified atom stereocenters. The highest BCUT2D eigenvalue weighted by Crippen LogP contribution is 2.31. The maximum Gasteiger partial charge on any atom is 0.516 e. The van der Waals surface area contributed by atoms with Crippen LogP contribution in [0.4, 0.5) is 18.0 Å². The number of alkyl halides is 3. The normalized spacial score (nSPS) is 11.9. The number of benzene rings is 1. The van der Waals surface area contributed by atoms with E-state index in [1.807, 2.05) is 0 Å². The van der Waals surface area contributed by atoms with Crippen LogP contribution in [0.1, 0.15) is 12.5 Å². The largest absolute Gasteiger partial charge is 0.516 e. The molecular weight excluding hydrogens is 345 g/mol. The SMILES string of the molecule is CCOC(=O)Oc1nc2c3ccc(C(F)(F)F)cc3n(C)c(=O)n2n1. The van der Waals surface area contributed by atoms with Crippen LogP contribution in [0.25, 0.3) is 16.6 Å². The fourth-order valence-corrected chi connectivity index (χ4v) is 2.29. The minimum atomic E-state index is -4.55. The van der Waals surface area contributed by atoms with E-state index in [1.165, 1.54) is 13.1 Å². The minimum absolute atomic E-state index is 0.0161. The summed E-state index contributed by atoms with van der Waals surface area (Å²) in [6.07, 6.45) is -5.61. The van der Waals surface area contributed by atoms with E-state index >= 15 is 0 Å². The molecular formula is C14H11F3N4O4. The van der Waals surface area contributed by atoms with Gasteiger partial charge in [0.1, 0.15) is 0 Å². The van der Waals surface area contributed by atoms with Crippen LogP contribution in [-0.4, -0.2) is 31.9 Å². The van der Waals surface area contributed by atoms with Crippen LogP contribution in [0, 0.1) is 0 Å². The number of aromatic nitrogens is 4. The molecule has 2 heterocycles. The second-order valence-corrected chi connectivity index (χ2v) is 4.99. The predicted molar refractivity (Wildman–Crippen MR) is 78.4 cm³/mol. The Kier molecular flexibility index (Phi) is 3.85. The number of rotatable bonds is 2. The third-order valence-electron chi connectivity index (χ3n) is 3.42. The summed E-state index contributed by atoms with van der Waals surface area (Å²) in [6, 6.07) is 2.45. The molecule has 132 valence electrons. The molecule has 0 saturated carbocycles. The molecule has 0 N–H and O–H groups in total. The van der Waals surface area contributed by atoms with Crippen molar-refractivity contribution in [2.45, 2.75) is 13.1 Å². The second kappa shape index (κ2) is 5.76. The van der Waals surface area contributed by atoms with E-state index in [2.05, 4.69) is 14.8 Å². The number of nitrogens with zero attached hydrogens (tertiary/aromatic N) is 4. The molecule has 0 aliphatic heterocycles. The molecule has 25 heavy (non-hydrogen) atoms. The van der Waals surface area contributed by atoms with Gasteiger partial charge < -0.3 is 9.47 Å². The maximum atomic E-state index is 12.9. The van der Waals surface area contributed by atoms with Gasteiger partial charge in [-0.2, -0.15) is 22.7 Å². The van der Waals surface area contributed by atoms with E-state index < -0.39 is 29.6 Å². The van der Waals surface area contributed by atoms with Gasteiger partial charge in [0, 0.05) is 12.4 Å². The van der Waals surface area contributed by atoms with E-state index in [-0.39, 0.29) is 23.2 Å². The van der Waals surface area contributed by atoms with Crippen molar-refractivity contribution in [1.29, 1.82) is 0 Å². The Bertz CT molecular complexity index is 1040. The lowest BCUT2D eigenvalue weighted by molar-refractivity contribution is -0.137. The summed E-state index contributed by atoms with van der Waals surface area (Å²) in [6.45, 7) is 1.64. The Morgan fingerprint density at radius 2 is 2.04 bits per heavy atom. The van der Waals surface area contributed by atoms with Crippen molar-refractivity contribution < 1.29 is 27.4 Å². The van der Waals surface area contributed by atoms with Gasteiger partial charge in [-0.25, -0.2) is 9.59 Å². The standard InChI is InChI=1S/C14H11F3N4O4/c1-3-24-13(23)25-11-18-10-8-5-4-7(14(15,16)17)6-9(8)20(2)12(22)21(10)19-11/h4-6H,3H2,1-2H3. The van der Waals surface area contributed by atoms with Crippen LogP contribution in [-0.2, 0) is 18.0 Å². The molecule has 0 saturated heterocycles. The molecule has 3 rings (SSSR count). The summed E-state index contributed by atoms with van der Waals surface area (Å²) in [5.41, 5.74) is -1.66. The number of aryl methyl sites for hydroxylation is 1. The van der Waals surface area contributed by atoms with Gasteiger partial charge in [0.2, 0.25) is 0 Å². The van der Waals surface area contributed by atoms with Gasteiger partial charge in [0.05, 0.1) is 17.7 Å². The summed E-state index contributed by atoms with van der Waals surface area (Å²) < 4.78 is 49.8. The zero-order valence-corrected chi connectivity index (χ0v) is 13.0.